The van der Waals surface area contributed by atoms with Crippen LogP contribution in [0, 0.1) is 11.3 Å². The maximum absolute atomic E-state index is 8.85. The molecule has 0 spiro atoms. The molecule has 1 saturated heterocycles. The minimum atomic E-state index is -0.531. The lowest BCUT2D eigenvalue weighted by molar-refractivity contribution is 0.148. The topological polar surface area (TPSA) is 94.3 Å². The highest BCUT2D eigenvalue weighted by atomic mass is 16.7. The van der Waals surface area contributed by atoms with Crippen molar-refractivity contribution in [3.8, 4) is 6.07 Å². The summed E-state index contributed by atoms with van der Waals surface area (Å²) in [4.78, 5) is 3.69. The van der Waals surface area contributed by atoms with Crippen molar-refractivity contribution in [3.63, 3.8) is 0 Å². The Morgan fingerprint density at radius 1 is 1.71 bits per heavy atom. The Balaban J connectivity index is 2.35. The van der Waals surface area contributed by atoms with E-state index in [9.17, 15) is 0 Å². The third-order valence-corrected chi connectivity index (χ3v) is 1.63. The molecule has 0 radical (unpaired) electrons. The maximum Gasteiger partial charge on any atom is 0.303 e. The summed E-state index contributed by atoms with van der Waals surface area (Å²) < 4.78 is 15.1. The second kappa shape index (κ2) is 3.40. The van der Waals surface area contributed by atoms with Gasteiger partial charge in [0, 0.05) is 0 Å². The molecule has 1 aliphatic heterocycles. The van der Waals surface area contributed by atoms with Gasteiger partial charge in [-0.3, -0.25) is 5.73 Å². The standard InChI is InChI=1S/C8H7N3O3/c9-1-5(6-2-11-4-13-6)8-12-3-7(10)14-8/h2,4,7H,3,10H2. The molecular formula is C8H7N3O3. The lowest BCUT2D eigenvalue weighted by Gasteiger charge is -1.99. The number of hydrogen-bond acceptors (Lipinski definition) is 6. The number of hydrogen-bond donors (Lipinski definition) is 1. The van der Waals surface area contributed by atoms with E-state index in [-0.39, 0.29) is 18.1 Å². The highest BCUT2D eigenvalue weighted by Crippen LogP contribution is 2.23. The summed E-state index contributed by atoms with van der Waals surface area (Å²) >= 11 is 0. The monoisotopic (exact) mass is 193 g/mol. The number of oxazole rings is 1. The van der Waals surface area contributed by atoms with Gasteiger partial charge < -0.3 is 13.9 Å². The molecule has 0 aliphatic carbocycles. The van der Waals surface area contributed by atoms with Gasteiger partial charge in [0.2, 0.25) is 0 Å². The average Bonchev–Trinajstić information content (AvgIpc) is 2.79. The Bertz CT molecular complexity index is 390. The molecule has 14 heavy (non-hydrogen) atoms. The molecule has 1 aromatic rings. The molecule has 0 amide bonds. The SMILES string of the molecule is N#CC(=C1OCC(N)O1)c1cnco1. The van der Waals surface area contributed by atoms with Gasteiger partial charge >= 0.3 is 5.95 Å². The van der Waals surface area contributed by atoms with Crippen LogP contribution in [0.25, 0.3) is 5.57 Å². The van der Waals surface area contributed by atoms with Crippen molar-refractivity contribution in [2.24, 2.45) is 5.73 Å². The van der Waals surface area contributed by atoms with Crippen molar-refractivity contribution in [2.75, 3.05) is 6.61 Å². The van der Waals surface area contributed by atoms with E-state index in [1.807, 2.05) is 6.07 Å². The van der Waals surface area contributed by atoms with Crippen LogP contribution in [0.5, 0.6) is 0 Å². The van der Waals surface area contributed by atoms with E-state index >= 15 is 0 Å². The summed E-state index contributed by atoms with van der Waals surface area (Å²) in [6.45, 7) is 0.231. The first-order valence-electron chi connectivity index (χ1n) is 3.89. The van der Waals surface area contributed by atoms with Crippen molar-refractivity contribution in [2.45, 2.75) is 6.23 Å². The van der Waals surface area contributed by atoms with E-state index in [1.54, 1.807) is 0 Å². The summed E-state index contributed by atoms with van der Waals surface area (Å²) in [5.41, 5.74) is 5.60. The number of ether oxygens (including phenoxy) is 2. The molecule has 72 valence electrons. The Hall–Kier alpha value is -2.00. The van der Waals surface area contributed by atoms with E-state index in [2.05, 4.69) is 4.98 Å². The second-order valence-electron chi connectivity index (χ2n) is 2.61. The molecule has 1 atom stereocenters. The number of rotatable bonds is 1. The summed E-state index contributed by atoms with van der Waals surface area (Å²) in [6, 6.07) is 1.91. The predicted octanol–water partition coefficient (Wildman–Crippen LogP) is 0.198. The fourth-order valence-electron chi connectivity index (χ4n) is 1.04. The van der Waals surface area contributed by atoms with Crippen LogP contribution in [0.3, 0.4) is 0 Å². The van der Waals surface area contributed by atoms with Gasteiger partial charge in [-0.05, 0) is 0 Å². The molecule has 2 N–H and O–H groups in total. The zero-order chi connectivity index (χ0) is 9.97. The Morgan fingerprint density at radius 2 is 2.57 bits per heavy atom. The largest absolute Gasteiger partial charge is 0.459 e. The highest BCUT2D eigenvalue weighted by molar-refractivity contribution is 5.74. The van der Waals surface area contributed by atoms with Gasteiger partial charge in [0.15, 0.2) is 24.0 Å². The van der Waals surface area contributed by atoms with Crippen molar-refractivity contribution in [1.29, 1.82) is 5.26 Å². The van der Waals surface area contributed by atoms with Crippen LogP contribution in [-0.4, -0.2) is 17.8 Å². The molecule has 0 aromatic carbocycles. The molecule has 1 aromatic heterocycles. The van der Waals surface area contributed by atoms with E-state index in [4.69, 9.17) is 24.9 Å². The van der Waals surface area contributed by atoms with Crippen molar-refractivity contribution >= 4 is 5.57 Å². The fraction of sp³-hybridized carbons (Fsp3) is 0.250. The first kappa shape index (κ1) is 8.59. The third kappa shape index (κ3) is 1.41. The van der Waals surface area contributed by atoms with Gasteiger partial charge in [0.05, 0.1) is 6.20 Å². The van der Waals surface area contributed by atoms with E-state index in [0.29, 0.717) is 5.76 Å². The molecule has 1 fully saturated rings. The molecule has 0 saturated carbocycles. The second-order valence-corrected chi connectivity index (χ2v) is 2.61. The van der Waals surface area contributed by atoms with Crippen LogP contribution >= 0.6 is 0 Å². The number of aromatic nitrogens is 1. The van der Waals surface area contributed by atoms with Gasteiger partial charge in [0.1, 0.15) is 12.7 Å². The zero-order valence-corrected chi connectivity index (χ0v) is 7.14. The molecule has 1 unspecified atom stereocenters. The van der Waals surface area contributed by atoms with Crippen LogP contribution in [0.15, 0.2) is 23.0 Å². The lowest BCUT2D eigenvalue weighted by Crippen LogP contribution is -2.20. The lowest BCUT2D eigenvalue weighted by atomic mass is 10.2. The summed E-state index contributed by atoms with van der Waals surface area (Å²) in [5.74, 6) is 0.397. The molecule has 1 aliphatic rings. The molecule has 2 heterocycles. The minimum Gasteiger partial charge on any atom is -0.459 e. The van der Waals surface area contributed by atoms with E-state index < -0.39 is 6.23 Å². The van der Waals surface area contributed by atoms with Gasteiger partial charge in [-0.25, -0.2) is 4.98 Å². The first-order valence-corrected chi connectivity index (χ1v) is 3.89. The van der Waals surface area contributed by atoms with E-state index in [0.717, 1.165) is 0 Å². The molecular weight excluding hydrogens is 186 g/mol. The van der Waals surface area contributed by atoms with Crippen LogP contribution in [0.1, 0.15) is 5.76 Å². The van der Waals surface area contributed by atoms with Crippen LogP contribution < -0.4 is 5.73 Å². The molecule has 6 nitrogen and oxygen atoms in total. The Kier molecular flexibility index (Phi) is 2.08. The van der Waals surface area contributed by atoms with Crippen molar-refractivity contribution in [1.82, 2.24) is 4.98 Å². The normalized spacial score (nSPS) is 23.6. The number of nitrogens with zero attached hydrogens (tertiary/aromatic N) is 2. The van der Waals surface area contributed by atoms with Crippen LogP contribution in [-0.2, 0) is 9.47 Å². The fourth-order valence-corrected chi connectivity index (χ4v) is 1.04. The molecule has 6 heteroatoms. The first-order chi connectivity index (χ1) is 6.81. The number of nitrogens with two attached hydrogens (primary N) is 1. The zero-order valence-electron chi connectivity index (χ0n) is 7.14. The molecule has 0 bridgehead atoms. The smallest absolute Gasteiger partial charge is 0.303 e. The summed E-state index contributed by atoms with van der Waals surface area (Å²) in [6.07, 6.45) is 2.10. The van der Waals surface area contributed by atoms with Gasteiger partial charge in [0.25, 0.3) is 0 Å². The van der Waals surface area contributed by atoms with Gasteiger partial charge in [-0.1, -0.05) is 0 Å². The third-order valence-electron chi connectivity index (χ3n) is 1.63. The van der Waals surface area contributed by atoms with Crippen LogP contribution in [0.4, 0.5) is 0 Å². The Labute approximate surface area is 79.5 Å². The number of allylic oxidation sites excluding steroid dienone is 1. The highest BCUT2D eigenvalue weighted by Gasteiger charge is 2.24. The van der Waals surface area contributed by atoms with Crippen LogP contribution in [0.2, 0.25) is 0 Å². The molecule has 2 rings (SSSR count). The van der Waals surface area contributed by atoms with Gasteiger partial charge in [-0.15, -0.1) is 0 Å². The Morgan fingerprint density at radius 3 is 3.07 bits per heavy atom. The van der Waals surface area contributed by atoms with Crippen molar-refractivity contribution < 1.29 is 13.9 Å². The quantitative estimate of drug-likeness (QED) is 0.640. The number of nitriles is 1. The summed E-state index contributed by atoms with van der Waals surface area (Å²) in [5, 5.41) is 8.85. The maximum atomic E-state index is 8.85. The predicted molar refractivity (Wildman–Crippen MR) is 44.0 cm³/mol. The van der Waals surface area contributed by atoms with E-state index in [1.165, 1.54) is 12.6 Å². The summed E-state index contributed by atoms with van der Waals surface area (Å²) in [7, 11) is 0. The minimum absolute atomic E-state index is 0.0942. The average molecular weight is 193 g/mol. The van der Waals surface area contributed by atoms with Crippen molar-refractivity contribution in [3.05, 3.63) is 24.3 Å². The van der Waals surface area contributed by atoms with Gasteiger partial charge in [-0.2, -0.15) is 5.26 Å².